The van der Waals surface area contributed by atoms with Crippen molar-refractivity contribution in [3.63, 3.8) is 0 Å². The normalized spacial score (nSPS) is 22.4. The lowest BCUT2D eigenvalue weighted by Crippen LogP contribution is -2.40. The molecule has 1 heterocycles. The Kier molecular flexibility index (Phi) is 4.77. The Labute approximate surface area is 116 Å². The second-order valence-electron chi connectivity index (χ2n) is 4.49. The van der Waals surface area contributed by atoms with Crippen molar-refractivity contribution in [2.24, 2.45) is 0 Å². The van der Waals surface area contributed by atoms with Crippen LogP contribution in [0.15, 0.2) is 10.7 Å². The van der Waals surface area contributed by atoms with E-state index in [1.54, 1.807) is 13.3 Å². The van der Waals surface area contributed by atoms with Gasteiger partial charge in [-0.3, -0.25) is 0 Å². The number of halogens is 1. The van der Waals surface area contributed by atoms with Crippen LogP contribution in [0.4, 0.5) is 11.8 Å². The Balaban J connectivity index is 1.94. The second kappa shape index (κ2) is 6.33. The SMILES string of the molecule is CCCNc1ncc(Br)c(NC2CC(OC)C2)n1. The quantitative estimate of drug-likeness (QED) is 0.845. The topological polar surface area (TPSA) is 59.1 Å². The summed E-state index contributed by atoms with van der Waals surface area (Å²) in [5.41, 5.74) is 0. The Bertz CT molecular complexity index is 396. The van der Waals surface area contributed by atoms with Gasteiger partial charge in [0.05, 0.1) is 10.6 Å². The number of ether oxygens (including phenoxy) is 1. The van der Waals surface area contributed by atoms with Crippen LogP contribution in [0.5, 0.6) is 0 Å². The zero-order valence-corrected chi connectivity index (χ0v) is 12.3. The van der Waals surface area contributed by atoms with Gasteiger partial charge in [-0.25, -0.2) is 4.98 Å². The van der Waals surface area contributed by atoms with Crippen molar-refractivity contribution in [2.75, 3.05) is 24.3 Å². The first-order valence-corrected chi connectivity index (χ1v) is 7.08. The lowest BCUT2D eigenvalue weighted by Gasteiger charge is -2.35. The van der Waals surface area contributed by atoms with E-state index in [2.05, 4.69) is 43.5 Å². The van der Waals surface area contributed by atoms with Crippen molar-refractivity contribution < 1.29 is 4.74 Å². The number of hydrogen-bond donors (Lipinski definition) is 2. The van der Waals surface area contributed by atoms with E-state index in [-0.39, 0.29) is 0 Å². The highest BCUT2D eigenvalue weighted by Crippen LogP contribution is 2.28. The van der Waals surface area contributed by atoms with Crippen LogP contribution in [-0.2, 0) is 4.74 Å². The van der Waals surface area contributed by atoms with Gasteiger partial charge in [-0.2, -0.15) is 4.98 Å². The molecule has 1 fully saturated rings. The van der Waals surface area contributed by atoms with Crippen LogP contribution < -0.4 is 10.6 Å². The molecule has 1 aliphatic rings. The molecule has 2 N–H and O–H groups in total. The molecule has 6 heteroatoms. The molecule has 2 rings (SSSR count). The van der Waals surface area contributed by atoms with Crippen LogP contribution in [0.1, 0.15) is 26.2 Å². The van der Waals surface area contributed by atoms with E-state index in [0.717, 1.165) is 36.1 Å². The van der Waals surface area contributed by atoms with E-state index in [1.165, 1.54) is 0 Å². The number of aromatic nitrogens is 2. The number of rotatable bonds is 6. The fraction of sp³-hybridized carbons (Fsp3) is 0.667. The zero-order chi connectivity index (χ0) is 13.0. The van der Waals surface area contributed by atoms with Gasteiger partial charge in [0, 0.05) is 25.9 Å². The summed E-state index contributed by atoms with van der Waals surface area (Å²) in [6, 6.07) is 0.445. The smallest absolute Gasteiger partial charge is 0.224 e. The van der Waals surface area contributed by atoms with Crippen molar-refractivity contribution in [1.29, 1.82) is 0 Å². The van der Waals surface area contributed by atoms with Gasteiger partial charge >= 0.3 is 0 Å². The second-order valence-corrected chi connectivity index (χ2v) is 5.34. The van der Waals surface area contributed by atoms with Crippen LogP contribution in [0.3, 0.4) is 0 Å². The summed E-state index contributed by atoms with van der Waals surface area (Å²) in [5, 5.41) is 6.59. The number of methoxy groups -OCH3 is 1. The first-order chi connectivity index (χ1) is 8.72. The minimum atomic E-state index is 0.390. The summed E-state index contributed by atoms with van der Waals surface area (Å²) in [7, 11) is 1.76. The molecule has 0 aromatic carbocycles. The third kappa shape index (κ3) is 3.32. The highest BCUT2D eigenvalue weighted by atomic mass is 79.9. The molecule has 0 radical (unpaired) electrons. The van der Waals surface area contributed by atoms with Crippen molar-refractivity contribution in [3.05, 3.63) is 10.7 Å². The lowest BCUT2D eigenvalue weighted by molar-refractivity contribution is 0.0328. The highest BCUT2D eigenvalue weighted by Gasteiger charge is 2.29. The first-order valence-electron chi connectivity index (χ1n) is 6.28. The van der Waals surface area contributed by atoms with Crippen LogP contribution in [0.2, 0.25) is 0 Å². The molecule has 1 aromatic heterocycles. The molecule has 5 nitrogen and oxygen atoms in total. The first kappa shape index (κ1) is 13.5. The monoisotopic (exact) mass is 314 g/mol. The van der Waals surface area contributed by atoms with Crippen molar-refractivity contribution in [3.8, 4) is 0 Å². The maximum atomic E-state index is 5.26. The summed E-state index contributed by atoms with van der Waals surface area (Å²) in [5.74, 6) is 1.52. The summed E-state index contributed by atoms with van der Waals surface area (Å²) in [6.45, 7) is 3.00. The molecule has 1 saturated carbocycles. The summed E-state index contributed by atoms with van der Waals surface area (Å²) < 4.78 is 6.16. The van der Waals surface area contributed by atoms with E-state index in [4.69, 9.17) is 4.74 Å². The van der Waals surface area contributed by atoms with Gasteiger partial charge in [-0.05, 0) is 35.2 Å². The maximum absolute atomic E-state index is 5.26. The molecular formula is C12H19BrN4O. The molecule has 0 bridgehead atoms. The summed E-state index contributed by atoms with van der Waals surface area (Å²) in [6.07, 6.45) is 5.29. The summed E-state index contributed by atoms with van der Waals surface area (Å²) >= 11 is 3.47. The van der Waals surface area contributed by atoms with Gasteiger partial charge in [0.15, 0.2) is 0 Å². The molecule has 18 heavy (non-hydrogen) atoms. The maximum Gasteiger partial charge on any atom is 0.224 e. The molecule has 0 aliphatic heterocycles. The van der Waals surface area contributed by atoms with E-state index < -0.39 is 0 Å². The highest BCUT2D eigenvalue weighted by molar-refractivity contribution is 9.10. The Hall–Kier alpha value is -0.880. The van der Waals surface area contributed by atoms with E-state index in [9.17, 15) is 0 Å². The molecule has 0 spiro atoms. The minimum absolute atomic E-state index is 0.390. The molecule has 1 aliphatic carbocycles. The number of anilines is 2. The minimum Gasteiger partial charge on any atom is -0.381 e. The molecule has 0 atom stereocenters. The molecule has 0 amide bonds. The van der Waals surface area contributed by atoms with Crippen LogP contribution in [0, 0.1) is 0 Å². The number of hydrogen-bond acceptors (Lipinski definition) is 5. The molecular weight excluding hydrogens is 296 g/mol. The average molecular weight is 315 g/mol. The van der Waals surface area contributed by atoms with E-state index in [1.807, 2.05) is 0 Å². The molecule has 1 aromatic rings. The van der Waals surface area contributed by atoms with Gasteiger partial charge in [0.2, 0.25) is 5.95 Å². The van der Waals surface area contributed by atoms with E-state index >= 15 is 0 Å². The van der Waals surface area contributed by atoms with Gasteiger partial charge in [0.1, 0.15) is 5.82 Å². The fourth-order valence-electron chi connectivity index (χ4n) is 1.86. The molecule has 0 unspecified atom stereocenters. The Morgan fingerprint density at radius 2 is 2.28 bits per heavy atom. The summed E-state index contributed by atoms with van der Waals surface area (Å²) in [4.78, 5) is 8.69. The van der Waals surface area contributed by atoms with Gasteiger partial charge in [0.25, 0.3) is 0 Å². The predicted octanol–water partition coefficient (Wildman–Crippen LogP) is 2.65. The van der Waals surface area contributed by atoms with Crippen molar-refractivity contribution in [1.82, 2.24) is 9.97 Å². The van der Waals surface area contributed by atoms with Gasteiger partial charge in [-0.15, -0.1) is 0 Å². The molecule has 100 valence electrons. The third-order valence-electron chi connectivity index (χ3n) is 3.05. The standard InChI is InChI=1S/C12H19BrN4O/c1-3-4-14-12-15-7-10(13)11(17-12)16-8-5-9(6-8)18-2/h7-9H,3-6H2,1-2H3,(H2,14,15,16,17). The number of nitrogens with zero attached hydrogens (tertiary/aromatic N) is 2. The van der Waals surface area contributed by atoms with Crippen molar-refractivity contribution >= 4 is 27.7 Å². The van der Waals surface area contributed by atoms with Gasteiger partial charge < -0.3 is 15.4 Å². The zero-order valence-electron chi connectivity index (χ0n) is 10.7. The van der Waals surface area contributed by atoms with Crippen LogP contribution in [0.25, 0.3) is 0 Å². The number of nitrogens with one attached hydrogen (secondary N) is 2. The Morgan fingerprint density at radius 1 is 1.50 bits per heavy atom. The van der Waals surface area contributed by atoms with Crippen LogP contribution in [-0.4, -0.2) is 35.8 Å². The lowest BCUT2D eigenvalue weighted by atomic mass is 9.89. The van der Waals surface area contributed by atoms with Crippen LogP contribution >= 0.6 is 15.9 Å². The third-order valence-corrected chi connectivity index (χ3v) is 3.63. The largest absolute Gasteiger partial charge is 0.381 e. The Morgan fingerprint density at radius 3 is 2.94 bits per heavy atom. The van der Waals surface area contributed by atoms with E-state index in [0.29, 0.717) is 18.1 Å². The predicted molar refractivity (Wildman–Crippen MR) is 76.0 cm³/mol. The fourth-order valence-corrected chi connectivity index (χ4v) is 2.17. The van der Waals surface area contributed by atoms with Gasteiger partial charge in [-0.1, -0.05) is 6.92 Å². The van der Waals surface area contributed by atoms with Crippen molar-refractivity contribution in [2.45, 2.75) is 38.3 Å². The molecule has 0 saturated heterocycles. The average Bonchev–Trinajstić information content (AvgIpc) is 2.33.